The topological polar surface area (TPSA) is 40.5 Å². The Kier molecular flexibility index (Phi) is 4.70. The van der Waals surface area contributed by atoms with Crippen molar-refractivity contribution in [1.82, 2.24) is 0 Å². The highest BCUT2D eigenvalue weighted by atomic mass is 19.1. The smallest absolute Gasteiger partial charge is 0.126 e. The zero-order valence-corrected chi connectivity index (χ0v) is 11.8. The van der Waals surface area contributed by atoms with E-state index in [1.54, 1.807) is 0 Å². The minimum absolute atomic E-state index is 0.151. The molecule has 0 unspecified atom stereocenters. The summed E-state index contributed by atoms with van der Waals surface area (Å²) >= 11 is 0. The molecule has 0 atom stereocenters. The second-order valence-corrected chi connectivity index (χ2v) is 5.42. The Bertz CT molecular complexity index is 584. The van der Waals surface area contributed by atoms with E-state index in [4.69, 9.17) is 0 Å². The van der Waals surface area contributed by atoms with Gasteiger partial charge in [-0.05, 0) is 36.6 Å². The third-order valence-electron chi connectivity index (χ3n) is 3.73. The van der Waals surface area contributed by atoms with Crippen LogP contribution in [-0.4, -0.2) is 23.4 Å². The summed E-state index contributed by atoms with van der Waals surface area (Å²) in [5, 5.41) is 19.5. The molecule has 0 saturated carbocycles. The van der Waals surface area contributed by atoms with Gasteiger partial charge in [-0.3, -0.25) is 0 Å². The molecule has 0 aromatic heterocycles. The second-order valence-electron chi connectivity index (χ2n) is 5.42. The minimum atomic E-state index is -0.964. The second kappa shape index (κ2) is 6.33. The van der Waals surface area contributed by atoms with Gasteiger partial charge in [0.05, 0.1) is 13.2 Å². The summed E-state index contributed by atoms with van der Waals surface area (Å²) in [5.41, 5.74) is 1.23. The number of halogens is 2. The predicted molar refractivity (Wildman–Crippen MR) is 77.1 cm³/mol. The number of benzene rings is 2. The van der Waals surface area contributed by atoms with E-state index < -0.39 is 17.0 Å². The third kappa shape index (κ3) is 3.46. The molecule has 0 saturated heterocycles. The molecule has 2 nitrogen and oxygen atoms in total. The van der Waals surface area contributed by atoms with Gasteiger partial charge in [-0.25, -0.2) is 8.78 Å². The van der Waals surface area contributed by atoms with E-state index in [1.807, 2.05) is 31.2 Å². The summed E-state index contributed by atoms with van der Waals surface area (Å²) in [4.78, 5) is 0. The Labute approximate surface area is 122 Å². The highest BCUT2D eigenvalue weighted by molar-refractivity contribution is 5.32. The van der Waals surface area contributed by atoms with Crippen LogP contribution in [0.5, 0.6) is 0 Å². The molecule has 112 valence electrons. The Morgan fingerprint density at radius 2 is 1.43 bits per heavy atom. The molecule has 0 radical (unpaired) electrons. The zero-order chi connectivity index (χ0) is 15.5. The summed E-state index contributed by atoms with van der Waals surface area (Å²) in [6.07, 6.45) is 0.151. The van der Waals surface area contributed by atoms with Gasteiger partial charge in [-0.1, -0.05) is 29.8 Å². The van der Waals surface area contributed by atoms with Gasteiger partial charge in [0.15, 0.2) is 0 Å². The van der Waals surface area contributed by atoms with Gasteiger partial charge in [-0.15, -0.1) is 0 Å². The summed E-state index contributed by atoms with van der Waals surface area (Å²) in [5.74, 6) is -1.34. The van der Waals surface area contributed by atoms with Crippen molar-refractivity contribution in [2.75, 3.05) is 13.2 Å². The van der Waals surface area contributed by atoms with Crippen LogP contribution in [0.4, 0.5) is 8.78 Å². The van der Waals surface area contributed by atoms with E-state index in [9.17, 15) is 19.0 Å². The Hall–Kier alpha value is -1.78. The van der Waals surface area contributed by atoms with Crippen LogP contribution < -0.4 is 0 Å². The van der Waals surface area contributed by atoms with Crippen LogP contribution in [0.15, 0.2) is 42.5 Å². The van der Waals surface area contributed by atoms with Crippen LogP contribution in [-0.2, 0) is 11.8 Å². The van der Waals surface area contributed by atoms with E-state index in [2.05, 4.69) is 0 Å². The molecule has 0 heterocycles. The summed E-state index contributed by atoms with van der Waals surface area (Å²) in [6, 6.07) is 10.6. The molecule has 2 aromatic rings. The van der Waals surface area contributed by atoms with Gasteiger partial charge in [0.2, 0.25) is 0 Å². The van der Waals surface area contributed by atoms with E-state index in [0.717, 1.165) is 17.2 Å². The largest absolute Gasteiger partial charge is 0.395 e. The van der Waals surface area contributed by atoms with Crippen LogP contribution in [0, 0.1) is 18.6 Å². The zero-order valence-electron chi connectivity index (χ0n) is 11.8. The average Bonchev–Trinajstić information content (AvgIpc) is 2.45. The van der Waals surface area contributed by atoms with Gasteiger partial charge < -0.3 is 10.2 Å². The molecule has 0 fully saturated rings. The lowest BCUT2D eigenvalue weighted by Crippen LogP contribution is -2.37. The summed E-state index contributed by atoms with van der Waals surface area (Å²) in [7, 11) is 0. The van der Waals surface area contributed by atoms with Crippen molar-refractivity contribution < 1.29 is 19.0 Å². The molecule has 0 spiro atoms. The summed E-state index contributed by atoms with van der Waals surface area (Å²) < 4.78 is 26.6. The summed E-state index contributed by atoms with van der Waals surface area (Å²) in [6.45, 7) is 1.31. The maximum absolute atomic E-state index is 13.3. The van der Waals surface area contributed by atoms with Gasteiger partial charge in [0.1, 0.15) is 11.6 Å². The van der Waals surface area contributed by atoms with Crippen molar-refractivity contribution in [2.24, 2.45) is 0 Å². The number of hydrogen-bond donors (Lipinski definition) is 2. The van der Waals surface area contributed by atoms with E-state index in [-0.39, 0.29) is 19.6 Å². The molecule has 2 aromatic carbocycles. The SMILES string of the molecule is Cc1ccc(C(CO)(CO)Cc2cc(F)cc(F)c2)cc1. The molecule has 4 heteroatoms. The lowest BCUT2D eigenvalue weighted by molar-refractivity contribution is 0.116. The molecule has 0 bridgehead atoms. The van der Waals surface area contributed by atoms with Crippen LogP contribution >= 0.6 is 0 Å². The van der Waals surface area contributed by atoms with Crippen molar-refractivity contribution in [3.63, 3.8) is 0 Å². The average molecular weight is 292 g/mol. The first kappa shape index (κ1) is 15.6. The first-order valence-electron chi connectivity index (χ1n) is 6.73. The van der Waals surface area contributed by atoms with Crippen molar-refractivity contribution in [1.29, 1.82) is 0 Å². The van der Waals surface area contributed by atoms with Crippen LogP contribution in [0.3, 0.4) is 0 Å². The lowest BCUT2D eigenvalue weighted by Gasteiger charge is -2.30. The maximum atomic E-state index is 13.3. The fourth-order valence-electron chi connectivity index (χ4n) is 2.46. The van der Waals surface area contributed by atoms with Gasteiger partial charge in [0, 0.05) is 11.5 Å². The Morgan fingerprint density at radius 1 is 0.905 bits per heavy atom. The Morgan fingerprint density at radius 3 is 1.90 bits per heavy atom. The molecule has 21 heavy (non-hydrogen) atoms. The van der Waals surface area contributed by atoms with Gasteiger partial charge in [0.25, 0.3) is 0 Å². The maximum Gasteiger partial charge on any atom is 0.126 e. The first-order chi connectivity index (χ1) is 9.99. The fraction of sp³-hybridized carbons (Fsp3) is 0.294. The normalized spacial score (nSPS) is 11.7. The molecule has 0 aliphatic heterocycles. The molecular formula is C17H18F2O2. The lowest BCUT2D eigenvalue weighted by atomic mass is 9.76. The third-order valence-corrected chi connectivity index (χ3v) is 3.73. The minimum Gasteiger partial charge on any atom is -0.395 e. The first-order valence-corrected chi connectivity index (χ1v) is 6.73. The van der Waals surface area contributed by atoms with E-state index >= 15 is 0 Å². The van der Waals surface area contributed by atoms with Gasteiger partial charge >= 0.3 is 0 Å². The molecule has 2 rings (SSSR count). The highest BCUT2D eigenvalue weighted by Crippen LogP contribution is 2.29. The molecule has 0 amide bonds. The van der Waals surface area contributed by atoms with Gasteiger partial charge in [-0.2, -0.15) is 0 Å². The predicted octanol–water partition coefficient (Wildman–Crippen LogP) is 2.74. The molecule has 0 aliphatic carbocycles. The number of rotatable bonds is 5. The van der Waals surface area contributed by atoms with E-state index in [1.165, 1.54) is 12.1 Å². The number of aliphatic hydroxyl groups is 2. The van der Waals surface area contributed by atoms with Crippen molar-refractivity contribution >= 4 is 0 Å². The number of hydrogen-bond acceptors (Lipinski definition) is 2. The number of aliphatic hydroxyl groups excluding tert-OH is 2. The van der Waals surface area contributed by atoms with Crippen molar-refractivity contribution in [3.8, 4) is 0 Å². The molecule has 2 N–H and O–H groups in total. The number of aryl methyl sites for hydroxylation is 1. The van der Waals surface area contributed by atoms with E-state index in [0.29, 0.717) is 5.56 Å². The Balaban J connectivity index is 2.40. The van der Waals surface area contributed by atoms with Crippen molar-refractivity contribution in [3.05, 3.63) is 70.8 Å². The fourth-order valence-corrected chi connectivity index (χ4v) is 2.46. The molecular weight excluding hydrogens is 274 g/mol. The van der Waals surface area contributed by atoms with Crippen LogP contribution in [0.1, 0.15) is 16.7 Å². The standard InChI is InChI=1S/C17H18F2O2/c1-12-2-4-14(5-3-12)17(10-20,11-21)9-13-6-15(18)8-16(19)7-13/h2-8,20-21H,9-11H2,1H3. The quantitative estimate of drug-likeness (QED) is 0.889. The highest BCUT2D eigenvalue weighted by Gasteiger charge is 2.31. The van der Waals surface area contributed by atoms with Crippen LogP contribution in [0.2, 0.25) is 0 Å². The molecule has 0 aliphatic rings. The van der Waals surface area contributed by atoms with Crippen molar-refractivity contribution in [2.45, 2.75) is 18.8 Å². The monoisotopic (exact) mass is 292 g/mol. The van der Waals surface area contributed by atoms with Crippen LogP contribution in [0.25, 0.3) is 0 Å².